The number of hydrogen-bond acceptors (Lipinski definition) is 6. The molecule has 9 heteroatoms. The zero-order valence-corrected chi connectivity index (χ0v) is 26.5. The number of Topliss-reactive ketones (excluding diaryl/α,β-unsaturated/α-hetero) is 1. The molecule has 0 aromatic heterocycles. The number of benzene rings is 4. The maximum Gasteiger partial charge on any atom is 0.335 e. The van der Waals surface area contributed by atoms with Crippen LogP contribution in [0.4, 0.5) is 10.1 Å². The third-order valence-electron chi connectivity index (χ3n) is 11.1. The minimum Gasteiger partial charge on any atom is -0.505 e. The van der Waals surface area contributed by atoms with Gasteiger partial charge in [-0.05, 0) is 60.2 Å². The van der Waals surface area contributed by atoms with Crippen molar-refractivity contribution in [2.24, 2.45) is 23.7 Å². The summed E-state index contributed by atoms with van der Waals surface area (Å²) >= 11 is 0. The Morgan fingerprint density at radius 2 is 1.52 bits per heavy atom. The molecular formula is C41H30FNO7. The summed E-state index contributed by atoms with van der Waals surface area (Å²) in [6.07, 6.45) is 3.33. The van der Waals surface area contributed by atoms with Crippen LogP contribution in [0.3, 0.4) is 0 Å². The van der Waals surface area contributed by atoms with Gasteiger partial charge in [0, 0.05) is 23.0 Å². The van der Waals surface area contributed by atoms with Gasteiger partial charge in [0.15, 0.2) is 23.1 Å². The highest BCUT2D eigenvalue weighted by atomic mass is 19.1. The number of amides is 2. The molecule has 0 radical (unpaired) electrons. The van der Waals surface area contributed by atoms with Crippen LogP contribution in [-0.4, -0.2) is 39.6 Å². The van der Waals surface area contributed by atoms with Gasteiger partial charge < -0.3 is 10.2 Å². The highest BCUT2D eigenvalue weighted by Gasteiger charge is 2.66. The molecule has 8 nitrogen and oxygen atoms in total. The minimum absolute atomic E-state index is 0.0330. The van der Waals surface area contributed by atoms with Gasteiger partial charge >= 0.3 is 5.97 Å². The zero-order valence-electron chi connectivity index (χ0n) is 26.5. The number of anilines is 1. The topological polar surface area (TPSA) is 129 Å². The summed E-state index contributed by atoms with van der Waals surface area (Å²) in [6.45, 7) is 0. The van der Waals surface area contributed by atoms with E-state index in [4.69, 9.17) is 0 Å². The van der Waals surface area contributed by atoms with E-state index in [0.29, 0.717) is 16.7 Å². The number of phenolic OH excluding ortho intramolecular Hbond substituents is 1. The number of carbonyl (C=O) groups is 5. The maximum atomic E-state index is 15.2. The number of nitrogens with zero attached hydrogens (tertiary/aromatic N) is 1. The molecule has 4 aromatic rings. The molecule has 6 atom stereocenters. The highest BCUT2D eigenvalue weighted by molar-refractivity contribution is 6.32. The van der Waals surface area contributed by atoms with Crippen molar-refractivity contribution in [2.75, 3.05) is 4.90 Å². The number of rotatable bonds is 5. The standard InChI is InChI=1S/C41H30FNO7/c42-32-16-8-15-28(37(32)46)35-26-17-18-27-34(39(48)43(38(27)47)25-14-7-11-23(19-25)40(49)50)30(26)20-31-36(45)29(22-9-3-1-4-10-22)21-33(44)41(31,35)24-12-5-2-6-13-24/h1-17,19,21,27,30-31,34-35,46H,18,20H2,(H,49,50)/t27-,30+,31-,34-,35+,41-/m0/s1. The van der Waals surface area contributed by atoms with Crippen LogP contribution in [0, 0.1) is 29.5 Å². The van der Waals surface area contributed by atoms with Crippen LogP contribution in [0.5, 0.6) is 5.75 Å². The molecule has 1 heterocycles. The molecule has 4 aromatic carbocycles. The molecule has 50 heavy (non-hydrogen) atoms. The number of ketones is 2. The SMILES string of the molecule is O=C(O)c1cccc(N2C(=O)[C@H]3[C@H](CC=C4[C@H]3C[C@H]3C(=O)C(c5ccccc5)=CC(=O)[C@@]3(c3ccccc3)[C@H]4c3cccc(F)c3O)C2=O)c1. The van der Waals surface area contributed by atoms with Gasteiger partial charge in [-0.1, -0.05) is 90.5 Å². The van der Waals surface area contributed by atoms with E-state index < -0.39 is 64.4 Å². The van der Waals surface area contributed by atoms with E-state index in [1.54, 1.807) is 66.7 Å². The number of carboxylic acids is 1. The molecule has 4 aliphatic rings. The first kappa shape index (κ1) is 31.3. The van der Waals surface area contributed by atoms with E-state index in [-0.39, 0.29) is 46.8 Å². The number of allylic oxidation sites excluding steroid dienone is 4. The zero-order chi connectivity index (χ0) is 34.9. The van der Waals surface area contributed by atoms with E-state index in [9.17, 15) is 34.2 Å². The molecule has 2 amide bonds. The molecule has 1 saturated carbocycles. The fourth-order valence-corrected chi connectivity index (χ4v) is 9.02. The average Bonchev–Trinajstić information content (AvgIpc) is 3.39. The largest absolute Gasteiger partial charge is 0.505 e. The van der Waals surface area contributed by atoms with Crippen molar-refractivity contribution in [3.8, 4) is 5.75 Å². The molecule has 8 rings (SSSR count). The van der Waals surface area contributed by atoms with Crippen molar-refractivity contribution in [3.05, 3.63) is 149 Å². The lowest BCUT2D eigenvalue weighted by molar-refractivity contribution is -0.135. The third-order valence-corrected chi connectivity index (χ3v) is 11.1. The number of hydrogen-bond donors (Lipinski definition) is 2. The molecular weight excluding hydrogens is 637 g/mol. The first-order valence-corrected chi connectivity index (χ1v) is 16.4. The summed E-state index contributed by atoms with van der Waals surface area (Å²) in [7, 11) is 0. The van der Waals surface area contributed by atoms with Crippen molar-refractivity contribution >= 4 is 40.6 Å². The van der Waals surface area contributed by atoms with Gasteiger partial charge in [0.25, 0.3) is 0 Å². The molecule has 1 saturated heterocycles. The Morgan fingerprint density at radius 1 is 0.820 bits per heavy atom. The molecule has 3 aliphatic carbocycles. The summed E-state index contributed by atoms with van der Waals surface area (Å²) < 4.78 is 15.2. The number of carbonyl (C=O) groups excluding carboxylic acids is 4. The summed E-state index contributed by atoms with van der Waals surface area (Å²) in [6, 6.07) is 27.4. The fraction of sp³-hybridized carbons (Fsp3) is 0.195. The minimum atomic E-state index is -1.61. The lowest BCUT2D eigenvalue weighted by atomic mass is 9.44. The van der Waals surface area contributed by atoms with Gasteiger partial charge in [-0.15, -0.1) is 0 Å². The van der Waals surface area contributed by atoms with Crippen LogP contribution in [-0.2, 0) is 24.6 Å². The lowest BCUT2D eigenvalue weighted by Crippen LogP contribution is -2.58. The van der Waals surface area contributed by atoms with Gasteiger partial charge in [0.1, 0.15) is 0 Å². The number of aromatic hydroxyl groups is 1. The van der Waals surface area contributed by atoms with Crippen LogP contribution in [0.2, 0.25) is 0 Å². The fourth-order valence-electron chi connectivity index (χ4n) is 9.02. The second-order valence-electron chi connectivity index (χ2n) is 13.3. The highest BCUT2D eigenvalue weighted by Crippen LogP contribution is 2.64. The Bertz CT molecular complexity index is 2190. The van der Waals surface area contributed by atoms with Crippen LogP contribution >= 0.6 is 0 Å². The Morgan fingerprint density at radius 3 is 2.24 bits per heavy atom. The van der Waals surface area contributed by atoms with Crippen molar-refractivity contribution in [1.82, 2.24) is 0 Å². The van der Waals surface area contributed by atoms with Crippen molar-refractivity contribution in [1.29, 1.82) is 0 Å². The van der Waals surface area contributed by atoms with Gasteiger partial charge in [-0.2, -0.15) is 0 Å². The third kappa shape index (κ3) is 4.39. The summed E-state index contributed by atoms with van der Waals surface area (Å²) in [4.78, 5) is 71.1. The van der Waals surface area contributed by atoms with E-state index in [0.717, 1.165) is 11.0 Å². The van der Waals surface area contributed by atoms with Crippen molar-refractivity contribution < 1.29 is 38.6 Å². The smallest absolute Gasteiger partial charge is 0.335 e. The predicted octanol–water partition coefficient (Wildman–Crippen LogP) is 6.26. The maximum absolute atomic E-state index is 15.2. The number of para-hydroxylation sites is 1. The van der Waals surface area contributed by atoms with Crippen LogP contribution in [0.1, 0.15) is 45.8 Å². The number of phenols is 1. The first-order valence-electron chi connectivity index (χ1n) is 16.4. The molecule has 0 bridgehead atoms. The predicted molar refractivity (Wildman–Crippen MR) is 181 cm³/mol. The summed E-state index contributed by atoms with van der Waals surface area (Å²) in [5, 5.41) is 20.9. The summed E-state index contributed by atoms with van der Waals surface area (Å²) in [5.41, 5.74) is 0.396. The molecule has 0 spiro atoms. The van der Waals surface area contributed by atoms with E-state index in [1.165, 1.54) is 36.4 Å². The van der Waals surface area contributed by atoms with Gasteiger partial charge in [0.05, 0.1) is 28.5 Å². The van der Waals surface area contributed by atoms with Gasteiger partial charge in [-0.3, -0.25) is 24.1 Å². The lowest BCUT2D eigenvalue weighted by Gasteiger charge is -2.55. The molecule has 2 fully saturated rings. The van der Waals surface area contributed by atoms with E-state index >= 15 is 4.39 Å². The van der Waals surface area contributed by atoms with Gasteiger partial charge in [0.2, 0.25) is 11.8 Å². The van der Waals surface area contributed by atoms with Gasteiger partial charge in [-0.25, -0.2) is 9.18 Å². The first-order chi connectivity index (χ1) is 24.1. The molecule has 248 valence electrons. The van der Waals surface area contributed by atoms with Crippen LogP contribution < -0.4 is 4.90 Å². The second-order valence-corrected chi connectivity index (χ2v) is 13.3. The van der Waals surface area contributed by atoms with Crippen molar-refractivity contribution in [3.63, 3.8) is 0 Å². The number of halogens is 1. The Hall–Kier alpha value is -5.96. The average molecular weight is 668 g/mol. The Balaban J connectivity index is 1.36. The van der Waals surface area contributed by atoms with E-state index in [1.807, 2.05) is 6.08 Å². The van der Waals surface area contributed by atoms with E-state index in [2.05, 4.69) is 0 Å². The van der Waals surface area contributed by atoms with Crippen LogP contribution in [0.25, 0.3) is 5.57 Å². The van der Waals surface area contributed by atoms with Crippen molar-refractivity contribution in [2.45, 2.75) is 24.2 Å². The Kier molecular flexibility index (Phi) is 7.25. The molecule has 1 aliphatic heterocycles. The number of aromatic carboxylic acids is 1. The Labute approximate surface area is 286 Å². The monoisotopic (exact) mass is 667 g/mol. The molecule has 0 unspecified atom stereocenters. The number of imide groups is 1. The second kappa shape index (κ2) is 11.6. The van der Waals surface area contributed by atoms with Crippen LogP contribution in [0.15, 0.2) is 121 Å². The quantitative estimate of drug-likeness (QED) is 0.190. The number of fused-ring (bicyclic) bond motifs is 4. The molecule has 2 N–H and O–H groups in total. The summed E-state index contributed by atoms with van der Waals surface area (Å²) in [5.74, 6) is -9.13. The normalized spacial score (nSPS) is 27.2. The number of carboxylic acid groups (broad SMARTS) is 1.